The molecule has 0 fully saturated rings. The van der Waals surface area contributed by atoms with Crippen LogP contribution in [0.15, 0.2) is 16.7 Å². The fourth-order valence-electron chi connectivity index (χ4n) is 1.36. The summed E-state index contributed by atoms with van der Waals surface area (Å²) in [6, 6.07) is 3.93. The number of hydrogen-bond donors (Lipinski definition) is 1. The maximum atomic E-state index is 11.9. The highest BCUT2D eigenvalue weighted by Gasteiger charge is 2.19. The first kappa shape index (κ1) is 13.8. The number of rotatable bonds is 4. The molecule has 0 aliphatic heterocycles. The van der Waals surface area contributed by atoms with Gasteiger partial charge in [-0.1, -0.05) is 0 Å². The highest BCUT2D eigenvalue weighted by atomic mass is 79.9. The third-order valence-electron chi connectivity index (χ3n) is 2.43. The zero-order valence-corrected chi connectivity index (χ0v) is 11.8. The Balaban J connectivity index is 2.74. The van der Waals surface area contributed by atoms with Crippen molar-refractivity contribution in [2.45, 2.75) is 27.3 Å². The molecule has 1 aromatic rings. The first-order valence-electron chi connectivity index (χ1n) is 5.44. The number of aromatic nitrogens is 1. The summed E-state index contributed by atoms with van der Waals surface area (Å²) in [7, 11) is 0. The highest BCUT2D eigenvalue weighted by molar-refractivity contribution is 9.10. The topological polar surface area (TPSA) is 57.8 Å². The summed E-state index contributed by atoms with van der Waals surface area (Å²) in [4.78, 5) is 11.9. The monoisotopic (exact) mass is 297 g/mol. The Labute approximate surface area is 110 Å². The van der Waals surface area contributed by atoms with Crippen LogP contribution in [0.5, 0.6) is 0 Å². The van der Waals surface area contributed by atoms with Crippen molar-refractivity contribution in [1.29, 1.82) is 5.26 Å². The Bertz CT molecular complexity index is 457. The fourth-order valence-corrected chi connectivity index (χ4v) is 1.82. The van der Waals surface area contributed by atoms with Crippen molar-refractivity contribution in [2.75, 3.05) is 6.54 Å². The fraction of sp³-hybridized carbons (Fsp3) is 0.500. The van der Waals surface area contributed by atoms with E-state index in [-0.39, 0.29) is 5.91 Å². The van der Waals surface area contributed by atoms with Crippen molar-refractivity contribution in [3.63, 3.8) is 0 Å². The van der Waals surface area contributed by atoms with Crippen LogP contribution in [0.3, 0.4) is 0 Å². The number of carbonyl (C=O) groups excluding carboxylic acids is 1. The van der Waals surface area contributed by atoms with Crippen molar-refractivity contribution in [2.24, 2.45) is 5.41 Å². The lowest BCUT2D eigenvalue weighted by molar-refractivity contribution is 0.0934. The molecule has 4 nitrogen and oxygen atoms in total. The molecule has 1 aromatic heterocycles. The second-order valence-electron chi connectivity index (χ2n) is 4.51. The number of aryl methyl sites for hydroxylation is 1. The lowest BCUT2D eigenvalue weighted by Gasteiger charge is -2.16. The van der Waals surface area contributed by atoms with Crippen LogP contribution in [-0.4, -0.2) is 17.0 Å². The summed E-state index contributed by atoms with van der Waals surface area (Å²) >= 11 is 3.34. The second kappa shape index (κ2) is 5.37. The molecule has 0 aliphatic rings. The second-order valence-corrected chi connectivity index (χ2v) is 5.42. The maximum absolute atomic E-state index is 11.9. The Morgan fingerprint density at radius 3 is 2.82 bits per heavy atom. The highest BCUT2D eigenvalue weighted by Crippen LogP contribution is 2.16. The lowest BCUT2D eigenvalue weighted by atomic mass is 9.96. The molecule has 0 unspecified atom stereocenters. The van der Waals surface area contributed by atoms with Crippen LogP contribution in [0.4, 0.5) is 0 Å². The number of hydrogen-bond acceptors (Lipinski definition) is 2. The molecule has 0 atom stereocenters. The molecule has 17 heavy (non-hydrogen) atoms. The molecule has 0 saturated carbocycles. The number of amides is 1. The van der Waals surface area contributed by atoms with Crippen LogP contribution in [0.25, 0.3) is 0 Å². The van der Waals surface area contributed by atoms with Crippen LogP contribution in [0.2, 0.25) is 0 Å². The zero-order chi connectivity index (χ0) is 13.1. The van der Waals surface area contributed by atoms with Gasteiger partial charge in [0.15, 0.2) is 0 Å². The number of nitrogens with zero attached hydrogens (tertiary/aromatic N) is 2. The number of nitrogens with one attached hydrogen (secondary N) is 1. The molecule has 0 bridgehead atoms. The van der Waals surface area contributed by atoms with Crippen molar-refractivity contribution in [3.05, 3.63) is 22.4 Å². The van der Waals surface area contributed by atoms with Crippen LogP contribution in [0, 0.1) is 16.7 Å². The van der Waals surface area contributed by atoms with Crippen molar-refractivity contribution in [3.8, 4) is 6.07 Å². The van der Waals surface area contributed by atoms with Gasteiger partial charge in [0.25, 0.3) is 5.91 Å². The van der Waals surface area contributed by atoms with Gasteiger partial charge in [-0.05, 0) is 42.8 Å². The summed E-state index contributed by atoms with van der Waals surface area (Å²) < 4.78 is 2.74. The predicted octanol–water partition coefficient (Wildman–Crippen LogP) is 2.55. The van der Waals surface area contributed by atoms with Gasteiger partial charge < -0.3 is 9.88 Å². The first-order chi connectivity index (χ1) is 7.89. The van der Waals surface area contributed by atoms with Gasteiger partial charge in [-0.15, -0.1) is 0 Å². The third-order valence-corrected chi connectivity index (χ3v) is 2.86. The molecule has 1 amide bonds. The summed E-state index contributed by atoms with van der Waals surface area (Å²) in [6.45, 7) is 6.64. The zero-order valence-electron chi connectivity index (χ0n) is 10.2. The summed E-state index contributed by atoms with van der Waals surface area (Å²) in [5.74, 6) is -0.152. The van der Waals surface area contributed by atoms with Gasteiger partial charge in [0.1, 0.15) is 5.69 Å². The van der Waals surface area contributed by atoms with E-state index in [1.807, 2.05) is 17.7 Å². The first-order valence-corrected chi connectivity index (χ1v) is 6.24. The summed E-state index contributed by atoms with van der Waals surface area (Å²) in [6.07, 6.45) is 1.87. The third kappa shape index (κ3) is 3.60. The van der Waals surface area contributed by atoms with E-state index >= 15 is 0 Å². The van der Waals surface area contributed by atoms with Crippen LogP contribution >= 0.6 is 15.9 Å². The van der Waals surface area contributed by atoms with Crippen LogP contribution < -0.4 is 5.32 Å². The predicted molar refractivity (Wildman–Crippen MR) is 69.5 cm³/mol. The Morgan fingerprint density at radius 2 is 2.29 bits per heavy atom. The largest absolute Gasteiger partial charge is 0.349 e. The van der Waals surface area contributed by atoms with Gasteiger partial charge in [0.2, 0.25) is 0 Å². The molecule has 5 heteroatoms. The average molecular weight is 298 g/mol. The van der Waals surface area contributed by atoms with Gasteiger partial charge >= 0.3 is 0 Å². The van der Waals surface area contributed by atoms with Crippen LogP contribution in [0.1, 0.15) is 31.3 Å². The summed E-state index contributed by atoms with van der Waals surface area (Å²) in [5, 5.41) is 11.6. The molecule has 1 rings (SSSR count). The van der Waals surface area contributed by atoms with E-state index in [4.69, 9.17) is 5.26 Å². The standard InChI is InChI=1S/C12H16BrN3O/c1-4-16-6-9(13)5-10(16)11(17)15-8-12(2,3)7-14/h5-6H,4,8H2,1-3H3,(H,15,17). The van der Waals surface area contributed by atoms with Crippen molar-refractivity contribution < 1.29 is 4.79 Å². The molecule has 92 valence electrons. The normalized spacial score (nSPS) is 11.0. The van der Waals surface area contributed by atoms with Gasteiger partial charge in [-0.25, -0.2) is 0 Å². The molecular weight excluding hydrogens is 282 g/mol. The summed E-state index contributed by atoms with van der Waals surface area (Å²) in [5.41, 5.74) is 0.0596. The maximum Gasteiger partial charge on any atom is 0.267 e. The number of halogens is 1. The van der Waals surface area contributed by atoms with E-state index in [1.54, 1.807) is 19.9 Å². The van der Waals surface area contributed by atoms with Crippen molar-refractivity contribution >= 4 is 21.8 Å². The van der Waals surface area contributed by atoms with E-state index in [0.717, 1.165) is 11.0 Å². The van der Waals surface area contributed by atoms with Gasteiger partial charge in [-0.2, -0.15) is 5.26 Å². The molecule has 1 N–H and O–H groups in total. The minimum atomic E-state index is -0.545. The number of nitriles is 1. The number of carbonyl (C=O) groups is 1. The smallest absolute Gasteiger partial charge is 0.267 e. The van der Waals surface area contributed by atoms with Crippen LogP contribution in [-0.2, 0) is 6.54 Å². The van der Waals surface area contributed by atoms with Gasteiger partial charge in [-0.3, -0.25) is 4.79 Å². The Hall–Kier alpha value is -1.28. The minimum Gasteiger partial charge on any atom is -0.349 e. The molecule has 0 aromatic carbocycles. The molecular formula is C12H16BrN3O. The van der Waals surface area contributed by atoms with Crippen molar-refractivity contribution in [1.82, 2.24) is 9.88 Å². The van der Waals surface area contributed by atoms with Gasteiger partial charge in [0.05, 0.1) is 11.5 Å². The molecule has 0 saturated heterocycles. The molecule has 0 spiro atoms. The van der Waals surface area contributed by atoms with E-state index in [9.17, 15) is 4.79 Å². The Morgan fingerprint density at radius 1 is 1.65 bits per heavy atom. The van der Waals surface area contributed by atoms with Gasteiger partial charge in [0, 0.05) is 23.8 Å². The van der Waals surface area contributed by atoms with E-state index in [2.05, 4.69) is 27.3 Å². The SMILES string of the molecule is CCn1cc(Br)cc1C(=O)NCC(C)(C)C#N. The molecule has 0 radical (unpaired) electrons. The lowest BCUT2D eigenvalue weighted by Crippen LogP contribution is -2.34. The average Bonchev–Trinajstić information content (AvgIpc) is 2.67. The van der Waals surface area contributed by atoms with E-state index in [1.165, 1.54) is 0 Å². The minimum absolute atomic E-state index is 0.152. The molecule has 1 heterocycles. The van der Waals surface area contributed by atoms with E-state index < -0.39 is 5.41 Å². The quantitative estimate of drug-likeness (QED) is 0.928. The molecule has 0 aliphatic carbocycles. The van der Waals surface area contributed by atoms with E-state index in [0.29, 0.717) is 12.2 Å². The Kier molecular flexibility index (Phi) is 4.35.